The first-order chi connectivity index (χ1) is 10.8. The molecule has 2 aromatic heterocycles. The van der Waals surface area contributed by atoms with Crippen LogP contribution in [-0.4, -0.2) is 10.7 Å². The quantitative estimate of drug-likeness (QED) is 0.837. The van der Waals surface area contributed by atoms with Crippen molar-refractivity contribution in [3.8, 4) is 0 Å². The number of rotatable bonds is 5. The smallest absolute Gasteiger partial charge is 0.209 e. The molecule has 3 nitrogen and oxygen atoms in total. The van der Waals surface area contributed by atoms with E-state index in [0.717, 1.165) is 40.6 Å². The maximum atomic E-state index is 12.3. The van der Waals surface area contributed by atoms with Gasteiger partial charge in [0.25, 0.3) is 0 Å². The van der Waals surface area contributed by atoms with Gasteiger partial charge in [0.1, 0.15) is 0 Å². The third-order valence-electron chi connectivity index (χ3n) is 4.47. The highest BCUT2D eigenvalue weighted by atomic mass is 32.2. The highest BCUT2D eigenvalue weighted by Crippen LogP contribution is 2.49. The van der Waals surface area contributed by atoms with Gasteiger partial charge in [-0.2, -0.15) is 0 Å². The average Bonchev–Trinajstić information content (AvgIpc) is 3.23. The van der Waals surface area contributed by atoms with Crippen molar-refractivity contribution in [1.29, 1.82) is 0 Å². The van der Waals surface area contributed by atoms with Crippen LogP contribution in [0.5, 0.6) is 0 Å². The minimum Gasteiger partial charge on any atom is -0.433 e. The van der Waals surface area contributed by atoms with Gasteiger partial charge in [0.2, 0.25) is 5.71 Å². The lowest BCUT2D eigenvalue weighted by Gasteiger charge is -2.09. The van der Waals surface area contributed by atoms with Crippen LogP contribution in [0.15, 0.2) is 50.4 Å². The predicted octanol–water partition coefficient (Wildman–Crippen LogP) is 4.30. The monoisotopic (exact) mass is 313 g/mol. The van der Waals surface area contributed by atoms with Gasteiger partial charge in [-0.05, 0) is 31.1 Å². The first-order valence-corrected chi connectivity index (χ1v) is 8.89. The maximum absolute atomic E-state index is 12.3. The lowest BCUT2D eigenvalue weighted by atomic mass is 9.97. The summed E-state index contributed by atoms with van der Waals surface area (Å²) in [6.07, 6.45) is 11.5. The number of furan rings is 1. The number of nitrogens with one attached hydrogen (secondary N) is 1. The standard InChI is InChI=1S/C18H19NO2S/c1-2-8-22-18-14(10-12-5-3-4-11-9-13(11)12)16-15(20)6-7-19-17(16)21-18/h3-7,11,13H,2,8-10H2,1H3,(H,19,20). The van der Waals surface area contributed by atoms with Gasteiger partial charge >= 0.3 is 0 Å². The van der Waals surface area contributed by atoms with Gasteiger partial charge in [-0.3, -0.25) is 4.79 Å². The summed E-state index contributed by atoms with van der Waals surface area (Å²) < 4.78 is 5.93. The normalized spacial score (nSPS) is 22.7. The van der Waals surface area contributed by atoms with Gasteiger partial charge in [0.05, 0.1) is 5.39 Å². The Morgan fingerprint density at radius 1 is 1.45 bits per heavy atom. The zero-order valence-corrected chi connectivity index (χ0v) is 13.4. The lowest BCUT2D eigenvalue weighted by Crippen LogP contribution is -2.04. The fourth-order valence-corrected chi connectivity index (χ4v) is 4.13. The van der Waals surface area contributed by atoms with Crippen LogP contribution in [0.1, 0.15) is 25.3 Å². The molecule has 1 fully saturated rings. The van der Waals surface area contributed by atoms with E-state index in [4.69, 9.17) is 4.42 Å². The summed E-state index contributed by atoms with van der Waals surface area (Å²) in [5.41, 5.74) is 3.18. The Morgan fingerprint density at radius 3 is 3.23 bits per heavy atom. The van der Waals surface area contributed by atoms with Gasteiger partial charge in [-0.25, -0.2) is 0 Å². The van der Waals surface area contributed by atoms with Crippen molar-refractivity contribution >= 4 is 22.9 Å². The molecule has 2 aromatic rings. The summed E-state index contributed by atoms with van der Waals surface area (Å²) in [4.78, 5) is 15.4. The number of H-pyrrole nitrogens is 1. The fraction of sp³-hybridized carbons (Fsp3) is 0.389. The van der Waals surface area contributed by atoms with Crippen LogP contribution < -0.4 is 5.43 Å². The van der Waals surface area contributed by atoms with E-state index in [1.54, 1.807) is 24.0 Å². The topological polar surface area (TPSA) is 46.0 Å². The number of aromatic nitrogens is 1. The minimum atomic E-state index is 0.0511. The summed E-state index contributed by atoms with van der Waals surface area (Å²) in [5.74, 6) is 2.41. The second-order valence-corrected chi connectivity index (χ2v) is 7.14. The van der Waals surface area contributed by atoms with E-state index in [1.165, 1.54) is 12.0 Å². The van der Waals surface area contributed by atoms with Crippen LogP contribution in [0.2, 0.25) is 0 Å². The first kappa shape index (κ1) is 13.9. The Balaban J connectivity index is 1.78. The molecule has 2 aliphatic rings. The largest absolute Gasteiger partial charge is 0.433 e. The van der Waals surface area contributed by atoms with E-state index in [0.29, 0.717) is 11.6 Å². The second-order valence-electron chi connectivity index (χ2n) is 6.07. The van der Waals surface area contributed by atoms with Gasteiger partial charge < -0.3 is 9.40 Å². The molecular weight excluding hydrogens is 294 g/mol. The van der Waals surface area contributed by atoms with E-state index in [9.17, 15) is 4.79 Å². The van der Waals surface area contributed by atoms with E-state index in [1.807, 2.05) is 0 Å². The van der Waals surface area contributed by atoms with Gasteiger partial charge in [0, 0.05) is 23.6 Å². The predicted molar refractivity (Wildman–Crippen MR) is 90.4 cm³/mol. The summed E-state index contributed by atoms with van der Waals surface area (Å²) in [7, 11) is 0. The maximum Gasteiger partial charge on any atom is 0.209 e. The first-order valence-electron chi connectivity index (χ1n) is 7.91. The van der Waals surface area contributed by atoms with Crippen molar-refractivity contribution in [2.24, 2.45) is 11.8 Å². The number of aromatic amines is 1. The number of allylic oxidation sites excluding steroid dienone is 4. The minimum absolute atomic E-state index is 0.0511. The van der Waals surface area contributed by atoms with Crippen molar-refractivity contribution in [1.82, 2.24) is 4.98 Å². The van der Waals surface area contributed by atoms with Gasteiger partial charge in [-0.1, -0.05) is 42.5 Å². The number of hydrogen-bond acceptors (Lipinski definition) is 3. The molecule has 22 heavy (non-hydrogen) atoms. The Morgan fingerprint density at radius 2 is 2.36 bits per heavy atom. The highest BCUT2D eigenvalue weighted by Gasteiger charge is 2.39. The number of fused-ring (bicyclic) bond motifs is 2. The fourth-order valence-electron chi connectivity index (χ4n) is 3.25. The SMILES string of the molecule is CCCSc1oc2[nH]ccc(=O)c2c1CC1=CC=CC2CC12. The molecule has 0 aromatic carbocycles. The molecule has 2 unspecified atom stereocenters. The third kappa shape index (κ3) is 2.35. The molecule has 4 heteroatoms. The summed E-state index contributed by atoms with van der Waals surface area (Å²) >= 11 is 1.71. The molecule has 0 radical (unpaired) electrons. The molecule has 1 saturated carbocycles. The average molecular weight is 313 g/mol. The number of pyridine rings is 1. The van der Waals surface area contributed by atoms with Crippen molar-refractivity contribution in [3.05, 3.63) is 51.9 Å². The number of thioether (sulfide) groups is 1. The van der Waals surface area contributed by atoms with Crippen molar-refractivity contribution in [3.63, 3.8) is 0 Å². The zero-order chi connectivity index (χ0) is 15.1. The molecule has 114 valence electrons. The van der Waals surface area contributed by atoms with Crippen LogP contribution in [0.4, 0.5) is 0 Å². The van der Waals surface area contributed by atoms with Crippen LogP contribution in [0.3, 0.4) is 0 Å². The Hall–Kier alpha value is -1.68. The summed E-state index contributed by atoms with van der Waals surface area (Å²) in [5, 5.41) is 1.64. The Bertz CT molecular complexity index is 827. The van der Waals surface area contributed by atoms with Crippen LogP contribution in [0.25, 0.3) is 11.1 Å². The highest BCUT2D eigenvalue weighted by molar-refractivity contribution is 7.99. The summed E-state index contributed by atoms with van der Waals surface area (Å²) in [6, 6.07) is 1.59. The second kappa shape index (κ2) is 5.51. The third-order valence-corrected chi connectivity index (χ3v) is 5.67. The molecule has 0 saturated heterocycles. The Labute approximate surface area is 133 Å². The van der Waals surface area contributed by atoms with E-state index in [2.05, 4.69) is 30.1 Å². The molecule has 0 bridgehead atoms. The van der Waals surface area contributed by atoms with Gasteiger partial charge in [-0.15, -0.1) is 0 Å². The zero-order valence-electron chi connectivity index (χ0n) is 12.6. The van der Waals surface area contributed by atoms with E-state index in [-0.39, 0.29) is 5.43 Å². The molecule has 0 spiro atoms. The molecular formula is C18H19NO2S. The summed E-state index contributed by atoms with van der Waals surface area (Å²) in [6.45, 7) is 2.16. The Kier molecular flexibility index (Phi) is 3.49. The van der Waals surface area contributed by atoms with E-state index < -0.39 is 0 Å². The molecule has 0 aliphatic heterocycles. The molecule has 4 rings (SSSR count). The molecule has 1 N–H and O–H groups in total. The van der Waals surface area contributed by atoms with Crippen molar-refractivity contribution < 1.29 is 4.42 Å². The lowest BCUT2D eigenvalue weighted by molar-refractivity contribution is 0.498. The van der Waals surface area contributed by atoms with Crippen molar-refractivity contribution in [2.45, 2.75) is 31.3 Å². The van der Waals surface area contributed by atoms with Gasteiger partial charge in [0.15, 0.2) is 10.5 Å². The van der Waals surface area contributed by atoms with Crippen LogP contribution >= 0.6 is 11.8 Å². The van der Waals surface area contributed by atoms with Crippen LogP contribution in [0, 0.1) is 11.8 Å². The van der Waals surface area contributed by atoms with Crippen LogP contribution in [-0.2, 0) is 6.42 Å². The molecule has 2 heterocycles. The molecule has 2 atom stereocenters. The molecule has 0 amide bonds. The number of hydrogen-bond donors (Lipinski definition) is 1. The van der Waals surface area contributed by atoms with Crippen molar-refractivity contribution in [2.75, 3.05) is 5.75 Å². The molecule has 2 aliphatic carbocycles. The van der Waals surface area contributed by atoms with E-state index >= 15 is 0 Å².